The van der Waals surface area contributed by atoms with E-state index in [0.29, 0.717) is 23.6 Å². The molecule has 1 saturated heterocycles. The van der Waals surface area contributed by atoms with Crippen molar-refractivity contribution in [1.29, 1.82) is 0 Å². The maximum atomic E-state index is 12.9. The lowest BCUT2D eigenvalue weighted by Gasteiger charge is -2.53. The Morgan fingerprint density at radius 2 is 2.14 bits per heavy atom. The average Bonchev–Trinajstić information content (AvgIpc) is 3.33. The van der Waals surface area contributed by atoms with Crippen LogP contribution < -0.4 is 4.90 Å². The molecule has 1 amide bonds. The number of aromatic hydroxyl groups is 1. The van der Waals surface area contributed by atoms with Gasteiger partial charge in [-0.1, -0.05) is 12.1 Å². The number of hydrogen-bond donors (Lipinski definition) is 1. The summed E-state index contributed by atoms with van der Waals surface area (Å²) in [6, 6.07) is 5.62. The first-order valence-electron chi connectivity index (χ1n) is 10.3. The molecule has 4 aliphatic heterocycles. The Bertz CT molecular complexity index is 987. The lowest BCUT2D eigenvalue weighted by atomic mass is 9.56. The van der Waals surface area contributed by atoms with Gasteiger partial charge in [0.05, 0.1) is 23.9 Å². The van der Waals surface area contributed by atoms with Crippen molar-refractivity contribution in [3.05, 3.63) is 35.1 Å². The number of rotatable bonds is 0. The van der Waals surface area contributed by atoms with Gasteiger partial charge in [-0.3, -0.25) is 4.79 Å². The number of likely N-dealkylation sites (N-methyl/N-ethyl adjacent to an activating group) is 1. The molecule has 0 bridgehead atoms. The van der Waals surface area contributed by atoms with Gasteiger partial charge in [0.1, 0.15) is 18.1 Å². The van der Waals surface area contributed by atoms with Gasteiger partial charge in [0.15, 0.2) is 0 Å². The Kier molecular flexibility index (Phi) is 3.31. The van der Waals surface area contributed by atoms with Crippen LogP contribution in [0.25, 0.3) is 0 Å². The van der Waals surface area contributed by atoms with Crippen LogP contribution in [0.15, 0.2) is 29.5 Å². The summed E-state index contributed by atoms with van der Waals surface area (Å²) in [5, 5.41) is 10.7. The molecule has 5 atom stereocenters. The molecule has 6 rings (SSSR count). The average molecular weight is 396 g/mol. The number of nitrogens with zero attached hydrogens (tertiary/aromatic N) is 2. The highest BCUT2D eigenvalue weighted by Crippen LogP contribution is 2.63. The molecule has 1 aromatic rings. The molecule has 7 heteroatoms. The van der Waals surface area contributed by atoms with Gasteiger partial charge in [-0.05, 0) is 38.1 Å². The Morgan fingerprint density at radius 1 is 1.31 bits per heavy atom. The van der Waals surface area contributed by atoms with E-state index < -0.39 is 0 Å². The molecule has 0 aromatic heterocycles. The van der Waals surface area contributed by atoms with Crippen molar-refractivity contribution in [1.82, 2.24) is 4.90 Å². The maximum Gasteiger partial charge on any atom is 0.338 e. The number of cyclic esters (lactones) is 1. The fourth-order valence-electron chi connectivity index (χ4n) is 6.99. The molecule has 1 aromatic carbocycles. The number of phenolic OH excluding ortho intramolecular Hbond substituents is 1. The summed E-state index contributed by atoms with van der Waals surface area (Å²) in [6.07, 6.45) is 1.74. The monoisotopic (exact) mass is 396 g/mol. The zero-order valence-corrected chi connectivity index (χ0v) is 16.6. The molecular formula is C22H24N2O5. The highest BCUT2D eigenvalue weighted by atomic mass is 16.6. The highest BCUT2D eigenvalue weighted by Gasteiger charge is 2.68. The quantitative estimate of drug-likeness (QED) is 0.671. The molecule has 2 fully saturated rings. The Labute approximate surface area is 168 Å². The molecule has 29 heavy (non-hydrogen) atoms. The standard InChI is InChI=1S/C22H24N2O5/c1-11(25)24-19-14(4-3-5-15(19)26)22-6-7-23(2)17(22)8-12-13(20(22)24)9-28-16-10-29-21(27)18(12)16/h3-5,12-13,17,20,26H,6-10H2,1-2H3. The second-order valence-corrected chi connectivity index (χ2v) is 9.02. The lowest BCUT2D eigenvalue weighted by molar-refractivity contribution is -0.136. The van der Waals surface area contributed by atoms with Crippen molar-refractivity contribution in [2.24, 2.45) is 11.8 Å². The van der Waals surface area contributed by atoms with Crippen molar-refractivity contribution >= 4 is 17.6 Å². The summed E-state index contributed by atoms with van der Waals surface area (Å²) in [6.45, 7) is 3.15. The summed E-state index contributed by atoms with van der Waals surface area (Å²) < 4.78 is 11.3. The van der Waals surface area contributed by atoms with E-state index in [0.717, 1.165) is 24.9 Å². The van der Waals surface area contributed by atoms with E-state index in [2.05, 4.69) is 18.0 Å². The summed E-state index contributed by atoms with van der Waals surface area (Å²) in [7, 11) is 2.12. The van der Waals surface area contributed by atoms with Gasteiger partial charge in [-0.2, -0.15) is 0 Å². The number of hydrogen-bond acceptors (Lipinski definition) is 6. The topological polar surface area (TPSA) is 79.3 Å². The van der Waals surface area contributed by atoms with Crippen LogP contribution in [0.4, 0.5) is 5.69 Å². The Balaban J connectivity index is 1.59. The molecule has 152 valence electrons. The molecule has 4 heterocycles. The van der Waals surface area contributed by atoms with Gasteiger partial charge in [0, 0.05) is 30.2 Å². The minimum atomic E-state index is -0.282. The van der Waals surface area contributed by atoms with Crippen molar-refractivity contribution in [3.8, 4) is 5.75 Å². The fourth-order valence-corrected chi connectivity index (χ4v) is 6.99. The van der Waals surface area contributed by atoms with Crippen molar-refractivity contribution in [2.45, 2.75) is 37.3 Å². The van der Waals surface area contributed by atoms with Gasteiger partial charge in [-0.25, -0.2) is 4.79 Å². The number of likely N-dealkylation sites (tertiary alicyclic amines) is 1. The second-order valence-electron chi connectivity index (χ2n) is 9.02. The Morgan fingerprint density at radius 3 is 2.93 bits per heavy atom. The van der Waals surface area contributed by atoms with Crippen LogP contribution in [0.3, 0.4) is 0 Å². The van der Waals surface area contributed by atoms with E-state index >= 15 is 0 Å². The second kappa shape index (κ2) is 5.53. The molecule has 5 unspecified atom stereocenters. The third kappa shape index (κ3) is 1.92. The Hall–Kier alpha value is -2.54. The largest absolute Gasteiger partial charge is 0.506 e. The number of benzene rings is 1. The number of anilines is 1. The molecule has 1 saturated carbocycles. The first-order chi connectivity index (χ1) is 13.9. The number of para-hydroxylation sites is 1. The van der Waals surface area contributed by atoms with Gasteiger partial charge in [0.2, 0.25) is 5.91 Å². The number of amides is 1. The minimum Gasteiger partial charge on any atom is -0.506 e. The van der Waals surface area contributed by atoms with E-state index in [1.807, 2.05) is 6.07 Å². The highest BCUT2D eigenvalue weighted by molar-refractivity contribution is 5.98. The molecule has 1 N–H and O–H groups in total. The third-order valence-corrected chi connectivity index (χ3v) is 7.98. The van der Waals surface area contributed by atoms with Crippen LogP contribution in [0, 0.1) is 11.8 Å². The van der Waals surface area contributed by atoms with Crippen LogP contribution in [0.5, 0.6) is 5.75 Å². The first kappa shape index (κ1) is 17.3. The van der Waals surface area contributed by atoms with Crippen LogP contribution in [0.1, 0.15) is 25.3 Å². The van der Waals surface area contributed by atoms with Crippen LogP contribution in [0.2, 0.25) is 0 Å². The molecule has 7 nitrogen and oxygen atoms in total. The summed E-state index contributed by atoms with van der Waals surface area (Å²) in [5.74, 6) is 0.418. The summed E-state index contributed by atoms with van der Waals surface area (Å²) >= 11 is 0. The number of carbonyl (C=O) groups is 2. The number of ether oxygens (including phenoxy) is 2. The van der Waals surface area contributed by atoms with Crippen molar-refractivity contribution < 1.29 is 24.2 Å². The summed E-state index contributed by atoms with van der Waals surface area (Å²) in [5.41, 5.74) is 2.09. The SMILES string of the molecule is CC(=O)N1c2c(O)cccc2C23CCN(C)C2CC2C4=C(COC4=O)OCC2C13. The number of carbonyl (C=O) groups excluding carboxylic acids is 2. The number of fused-ring (bicyclic) bond motifs is 4. The van der Waals surface area contributed by atoms with Crippen molar-refractivity contribution in [2.75, 3.05) is 31.7 Å². The van der Waals surface area contributed by atoms with Crippen LogP contribution >= 0.6 is 0 Å². The van der Waals surface area contributed by atoms with E-state index in [-0.39, 0.29) is 53.6 Å². The van der Waals surface area contributed by atoms with E-state index in [9.17, 15) is 14.7 Å². The molecule has 1 aliphatic carbocycles. The molecule has 0 radical (unpaired) electrons. The van der Waals surface area contributed by atoms with Gasteiger partial charge in [0.25, 0.3) is 0 Å². The van der Waals surface area contributed by atoms with Gasteiger partial charge >= 0.3 is 5.97 Å². The van der Waals surface area contributed by atoms with Crippen LogP contribution in [-0.4, -0.2) is 60.8 Å². The predicted octanol–water partition coefficient (Wildman–Crippen LogP) is 1.55. The zero-order chi connectivity index (χ0) is 20.1. The molecular weight excluding hydrogens is 372 g/mol. The van der Waals surface area contributed by atoms with E-state index in [4.69, 9.17) is 9.47 Å². The maximum absolute atomic E-state index is 12.9. The normalized spacial score (nSPS) is 37.3. The van der Waals surface area contributed by atoms with E-state index in [1.54, 1.807) is 17.9 Å². The van der Waals surface area contributed by atoms with Crippen molar-refractivity contribution in [3.63, 3.8) is 0 Å². The smallest absolute Gasteiger partial charge is 0.338 e. The fraction of sp³-hybridized carbons (Fsp3) is 0.545. The zero-order valence-electron chi connectivity index (χ0n) is 16.6. The lowest BCUT2D eigenvalue weighted by Crippen LogP contribution is -2.63. The first-order valence-corrected chi connectivity index (χ1v) is 10.3. The number of esters is 1. The minimum absolute atomic E-state index is 0.00395. The number of phenols is 1. The van der Waals surface area contributed by atoms with Gasteiger partial charge < -0.3 is 24.4 Å². The predicted molar refractivity (Wildman–Crippen MR) is 103 cm³/mol. The molecule has 5 aliphatic rings. The third-order valence-electron chi connectivity index (χ3n) is 7.98. The van der Waals surface area contributed by atoms with Crippen LogP contribution in [-0.2, 0) is 24.5 Å². The molecule has 1 spiro atoms. The summed E-state index contributed by atoms with van der Waals surface area (Å²) in [4.78, 5) is 29.6. The van der Waals surface area contributed by atoms with E-state index in [1.165, 1.54) is 0 Å². The van der Waals surface area contributed by atoms with Gasteiger partial charge in [-0.15, -0.1) is 0 Å².